The first kappa shape index (κ1) is 7.77. The summed E-state index contributed by atoms with van der Waals surface area (Å²) >= 11 is 0. The van der Waals surface area contributed by atoms with Crippen molar-refractivity contribution in [2.24, 2.45) is 0 Å². The van der Waals surface area contributed by atoms with Crippen LogP contribution in [0.15, 0.2) is 24.3 Å². The maximum atomic E-state index is 9.08. The molecule has 2 heteroatoms. The third-order valence-electron chi connectivity index (χ3n) is 2.40. The minimum atomic E-state index is 0.148. The first-order valence-electron chi connectivity index (χ1n) is 4.34. The van der Waals surface area contributed by atoms with Gasteiger partial charge in [-0.3, -0.25) is 0 Å². The molecule has 1 atom stereocenters. The average Bonchev–Trinajstić information content (AvgIpc) is 2.17. The quantitative estimate of drug-likeness (QED) is 0.643. The molecule has 1 aliphatic rings. The van der Waals surface area contributed by atoms with Gasteiger partial charge >= 0.3 is 0 Å². The number of nitrogens with one attached hydrogen (secondary N) is 1. The zero-order chi connectivity index (χ0) is 8.39. The van der Waals surface area contributed by atoms with Gasteiger partial charge in [0.15, 0.2) is 0 Å². The number of fused-ring (bicyclic) bond motifs is 1. The normalized spacial score (nSPS) is 21.9. The summed E-state index contributed by atoms with van der Waals surface area (Å²) < 4.78 is 0. The predicted molar refractivity (Wildman–Crippen MR) is 48.0 cm³/mol. The van der Waals surface area contributed by atoms with Crippen LogP contribution in [0.1, 0.15) is 17.2 Å². The van der Waals surface area contributed by atoms with Gasteiger partial charge in [-0.05, 0) is 24.1 Å². The second-order valence-electron chi connectivity index (χ2n) is 3.14. The molecule has 1 aromatic rings. The van der Waals surface area contributed by atoms with Gasteiger partial charge in [-0.1, -0.05) is 24.3 Å². The van der Waals surface area contributed by atoms with Gasteiger partial charge < -0.3 is 10.4 Å². The number of hydrogen-bond donors (Lipinski definition) is 2. The van der Waals surface area contributed by atoms with Gasteiger partial charge in [-0.25, -0.2) is 0 Å². The van der Waals surface area contributed by atoms with Crippen molar-refractivity contribution in [2.75, 3.05) is 13.2 Å². The van der Waals surface area contributed by atoms with Crippen molar-refractivity contribution in [3.63, 3.8) is 0 Å². The molecule has 1 aliphatic heterocycles. The van der Waals surface area contributed by atoms with Crippen molar-refractivity contribution in [1.29, 1.82) is 0 Å². The van der Waals surface area contributed by atoms with E-state index < -0.39 is 0 Å². The molecule has 0 fully saturated rings. The highest BCUT2D eigenvalue weighted by Crippen LogP contribution is 2.21. The SMILES string of the molecule is OC[C@@H]1NCCc2ccccc21. The molecule has 1 heterocycles. The van der Waals surface area contributed by atoms with Crippen LogP contribution >= 0.6 is 0 Å². The van der Waals surface area contributed by atoms with Crippen LogP contribution in [0.3, 0.4) is 0 Å². The van der Waals surface area contributed by atoms with Crippen LogP contribution in [0.4, 0.5) is 0 Å². The molecule has 64 valence electrons. The summed E-state index contributed by atoms with van der Waals surface area (Å²) in [4.78, 5) is 0. The largest absolute Gasteiger partial charge is 0.394 e. The van der Waals surface area contributed by atoms with Crippen LogP contribution in [0.5, 0.6) is 0 Å². The Balaban J connectivity index is 2.37. The molecular formula is C10H13NO. The van der Waals surface area contributed by atoms with E-state index in [4.69, 9.17) is 5.11 Å². The van der Waals surface area contributed by atoms with E-state index >= 15 is 0 Å². The molecule has 0 spiro atoms. The van der Waals surface area contributed by atoms with Crippen LogP contribution in [-0.2, 0) is 6.42 Å². The van der Waals surface area contributed by atoms with Gasteiger partial charge in [0, 0.05) is 0 Å². The third-order valence-corrected chi connectivity index (χ3v) is 2.40. The average molecular weight is 163 g/mol. The topological polar surface area (TPSA) is 32.3 Å². The Morgan fingerprint density at radius 3 is 3.08 bits per heavy atom. The first-order valence-corrected chi connectivity index (χ1v) is 4.34. The maximum absolute atomic E-state index is 9.08. The van der Waals surface area contributed by atoms with Gasteiger partial charge in [0.1, 0.15) is 0 Å². The smallest absolute Gasteiger partial charge is 0.0626 e. The highest BCUT2D eigenvalue weighted by molar-refractivity contribution is 5.32. The van der Waals surface area contributed by atoms with Crippen molar-refractivity contribution in [3.8, 4) is 0 Å². The molecule has 2 rings (SSSR count). The van der Waals surface area contributed by atoms with Crippen molar-refractivity contribution in [3.05, 3.63) is 35.4 Å². The fraction of sp³-hybridized carbons (Fsp3) is 0.400. The second kappa shape index (κ2) is 3.25. The summed E-state index contributed by atoms with van der Waals surface area (Å²) in [5.74, 6) is 0. The molecule has 0 unspecified atom stereocenters. The van der Waals surface area contributed by atoms with Crippen LogP contribution in [0.25, 0.3) is 0 Å². The third kappa shape index (κ3) is 1.24. The molecular weight excluding hydrogens is 150 g/mol. The van der Waals surface area contributed by atoms with Crippen LogP contribution in [0, 0.1) is 0 Å². The fourth-order valence-electron chi connectivity index (χ4n) is 1.76. The number of aliphatic hydroxyl groups is 1. The number of benzene rings is 1. The van der Waals surface area contributed by atoms with Crippen LogP contribution in [0.2, 0.25) is 0 Å². The highest BCUT2D eigenvalue weighted by Gasteiger charge is 2.17. The summed E-state index contributed by atoms with van der Waals surface area (Å²) in [7, 11) is 0. The van der Waals surface area contributed by atoms with E-state index in [0.717, 1.165) is 13.0 Å². The Morgan fingerprint density at radius 1 is 1.42 bits per heavy atom. The zero-order valence-corrected chi connectivity index (χ0v) is 6.96. The Labute approximate surface area is 72.2 Å². The lowest BCUT2D eigenvalue weighted by Crippen LogP contribution is -2.31. The molecule has 0 aromatic heterocycles. The minimum Gasteiger partial charge on any atom is -0.394 e. The van der Waals surface area contributed by atoms with Crippen molar-refractivity contribution >= 4 is 0 Å². The van der Waals surface area contributed by atoms with Gasteiger partial charge in [-0.15, -0.1) is 0 Å². The first-order chi connectivity index (χ1) is 5.92. The molecule has 0 radical (unpaired) electrons. The fourth-order valence-corrected chi connectivity index (χ4v) is 1.76. The van der Waals surface area contributed by atoms with E-state index in [2.05, 4.69) is 23.5 Å². The Hall–Kier alpha value is -0.860. The lowest BCUT2D eigenvalue weighted by Gasteiger charge is -2.24. The van der Waals surface area contributed by atoms with Gasteiger partial charge in [-0.2, -0.15) is 0 Å². The molecule has 1 aromatic carbocycles. The van der Waals surface area contributed by atoms with Gasteiger partial charge in [0.05, 0.1) is 12.6 Å². The maximum Gasteiger partial charge on any atom is 0.0626 e. The molecule has 0 saturated heterocycles. The summed E-state index contributed by atoms with van der Waals surface area (Å²) in [5, 5.41) is 12.4. The summed E-state index contributed by atoms with van der Waals surface area (Å²) in [6.45, 7) is 1.17. The summed E-state index contributed by atoms with van der Waals surface area (Å²) in [6.07, 6.45) is 1.08. The van der Waals surface area contributed by atoms with Crippen molar-refractivity contribution in [2.45, 2.75) is 12.5 Å². The highest BCUT2D eigenvalue weighted by atomic mass is 16.3. The Bertz CT molecular complexity index is 272. The number of aliphatic hydroxyl groups excluding tert-OH is 1. The van der Waals surface area contributed by atoms with E-state index in [9.17, 15) is 0 Å². The summed E-state index contributed by atoms with van der Waals surface area (Å²) in [6, 6.07) is 8.45. The van der Waals surface area contributed by atoms with E-state index in [0.29, 0.717) is 0 Å². The van der Waals surface area contributed by atoms with Crippen molar-refractivity contribution in [1.82, 2.24) is 5.32 Å². The lowest BCUT2D eigenvalue weighted by atomic mass is 9.95. The van der Waals surface area contributed by atoms with Gasteiger partial charge in [0.2, 0.25) is 0 Å². The number of rotatable bonds is 1. The molecule has 0 saturated carbocycles. The van der Waals surface area contributed by atoms with E-state index in [1.54, 1.807) is 0 Å². The standard InChI is InChI=1S/C10H13NO/c12-7-10-9-4-2-1-3-8(9)5-6-11-10/h1-4,10-12H,5-7H2/t10-/m0/s1. The second-order valence-corrected chi connectivity index (χ2v) is 3.14. The molecule has 0 bridgehead atoms. The molecule has 0 aliphatic carbocycles. The van der Waals surface area contributed by atoms with Crippen LogP contribution in [-0.4, -0.2) is 18.3 Å². The van der Waals surface area contributed by atoms with E-state index in [1.807, 2.05) is 6.07 Å². The lowest BCUT2D eigenvalue weighted by molar-refractivity contribution is 0.240. The zero-order valence-electron chi connectivity index (χ0n) is 6.96. The number of hydrogen-bond acceptors (Lipinski definition) is 2. The Morgan fingerprint density at radius 2 is 2.25 bits per heavy atom. The minimum absolute atomic E-state index is 0.148. The van der Waals surface area contributed by atoms with Crippen LogP contribution < -0.4 is 5.32 Å². The molecule has 2 nitrogen and oxygen atoms in total. The van der Waals surface area contributed by atoms with E-state index in [1.165, 1.54) is 11.1 Å². The summed E-state index contributed by atoms with van der Waals surface area (Å²) in [5.41, 5.74) is 2.63. The molecule has 2 N–H and O–H groups in total. The van der Waals surface area contributed by atoms with Crippen molar-refractivity contribution < 1.29 is 5.11 Å². The van der Waals surface area contributed by atoms with Gasteiger partial charge in [0.25, 0.3) is 0 Å². The Kier molecular flexibility index (Phi) is 2.11. The monoisotopic (exact) mass is 163 g/mol. The van der Waals surface area contributed by atoms with E-state index in [-0.39, 0.29) is 12.6 Å². The molecule has 0 amide bonds. The predicted octanol–water partition coefficient (Wildman–Crippen LogP) is 0.866. The molecule has 12 heavy (non-hydrogen) atoms.